The zero-order valence-electron chi connectivity index (χ0n) is 19.6. The van der Waals surface area contributed by atoms with E-state index in [0.29, 0.717) is 37.3 Å². The summed E-state index contributed by atoms with van der Waals surface area (Å²) >= 11 is 0. The highest BCUT2D eigenvalue weighted by atomic mass is 19.4. The number of likely N-dealkylation sites (N-methyl/N-ethyl adjacent to an activating group) is 1. The van der Waals surface area contributed by atoms with E-state index in [2.05, 4.69) is 25.5 Å². The Kier molecular flexibility index (Phi) is 7.11. The molecule has 1 aromatic heterocycles. The van der Waals surface area contributed by atoms with Gasteiger partial charge in [0.25, 0.3) is 0 Å². The Bertz CT molecular complexity index is 1120. The molecule has 36 heavy (non-hydrogen) atoms. The van der Waals surface area contributed by atoms with Crippen LogP contribution in [-0.2, 0) is 22.6 Å². The fourth-order valence-electron chi connectivity index (χ4n) is 4.71. The molecule has 3 atom stereocenters. The van der Waals surface area contributed by atoms with Crippen LogP contribution in [-0.4, -0.2) is 45.7 Å². The first kappa shape index (κ1) is 26.1. The zero-order valence-corrected chi connectivity index (χ0v) is 19.6. The number of aromatic nitrogens is 4. The van der Waals surface area contributed by atoms with Gasteiger partial charge in [-0.05, 0) is 56.1 Å². The Morgan fingerprint density at radius 3 is 2.22 bits per heavy atom. The van der Waals surface area contributed by atoms with E-state index in [0.717, 1.165) is 5.56 Å². The van der Waals surface area contributed by atoms with Crippen LogP contribution in [0.25, 0.3) is 0 Å². The molecule has 12 heteroatoms. The van der Waals surface area contributed by atoms with Gasteiger partial charge in [0.2, 0.25) is 0 Å². The average Bonchev–Trinajstić information content (AvgIpc) is 3.37. The predicted octanol–water partition coefficient (Wildman–Crippen LogP) is 5.72. The van der Waals surface area contributed by atoms with Gasteiger partial charge in [-0.3, -0.25) is 4.90 Å². The molecule has 3 aromatic rings. The standard InChI is InChI=1S/C24H25F6N5O/c1-15(17-10-19(23(25,26)27)12-20(11-17)24(28,29)30)36-14-22(18-6-4-3-5-7-18)9-8-16(13-35(22)2)21-31-33-34-32-21/h3-7,10-12,15-16H,8-9,13-14H2,1-2H3,(H,31,32,33,34). The molecule has 0 amide bonds. The second kappa shape index (κ2) is 9.81. The molecule has 1 fully saturated rings. The topological polar surface area (TPSA) is 66.9 Å². The third-order valence-electron chi connectivity index (χ3n) is 6.82. The van der Waals surface area contributed by atoms with Crippen molar-refractivity contribution in [3.63, 3.8) is 0 Å². The largest absolute Gasteiger partial charge is 0.416 e. The van der Waals surface area contributed by atoms with Gasteiger partial charge < -0.3 is 4.74 Å². The van der Waals surface area contributed by atoms with E-state index in [1.165, 1.54) is 6.92 Å². The van der Waals surface area contributed by atoms with Crippen molar-refractivity contribution in [2.75, 3.05) is 20.2 Å². The number of ether oxygens (including phenoxy) is 1. The van der Waals surface area contributed by atoms with Crippen molar-refractivity contribution < 1.29 is 31.1 Å². The van der Waals surface area contributed by atoms with Crippen molar-refractivity contribution in [2.24, 2.45) is 0 Å². The summed E-state index contributed by atoms with van der Waals surface area (Å²) in [6.45, 7) is 2.08. The lowest BCUT2D eigenvalue weighted by atomic mass is 9.78. The first-order chi connectivity index (χ1) is 16.9. The van der Waals surface area contributed by atoms with Crippen LogP contribution in [0, 0.1) is 0 Å². The molecule has 4 rings (SSSR count). The van der Waals surface area contributed by atoms with Crippen molar-refractivity contribution in [3.8, 4) is 0 Å². The van der Waals surface area contributed by atoms with Crippen molar-refractivity contribution in [3.05, 3.63) is 76.6 Å². The SMILES string of the molecule is CC(OCC1(c2ccccc2)CCC(c2nn[nH]n2)CN1C)c1cc(C(F)(F)F)cc(C(F)(F)F)c1. The maximum atomic E-state index is 13.3. The van der Waals surface area contributed by atoms with E-state index >= 15 is 0 Å². The lowest BCUT2D eigenvalue weighted by Crippen LogP contribution is -2.52. The minimum Gasteiger partial charge on any atom is -0.372 e. The minimum absolute atomic E-state index is 0.0146. The van der Waals surface area contributed by atoms with E-state index in [1.807, 2.05) is 37.4 Å². The van der Waals surface area contributed by atoms with E-state index in [-0.39, 0.29) is 24.2 Å². The number of piperidine rings is 1. The summed E-state index contributed by atoms with van der Waals surface area (Å²) in [6.07, 6.45) is -9.56. The molecule has 0 radical (unpaired) electrons. The second-order valence-corrected chi connectivity index (χ2v) is 9.08. The highest BCUT2D eigenvalue weighted by Gasteiger charge is 2.43. The number of rotatable bonds is 6. The molecule has 1 N–H and O–H groups in total. The molecule has 0 saturated carbocycles. The van der Waals surface area contributed by atoms with Crippen LogP contribution in [0.5, 0.6) is 0 Å². The van der Waals surface area contributed by atoms with Crippen LogP contribution in [0.3, 0.4) is 0 Å². The van der Waals surface area contributed by atoms with Crippen LogP contribution in [0.2, 0.25) is 0 Å². The molecular weight excluding hydrogens is 488 g/mol. The Morgan fingerprint density at radius 1 is 1.06 bits per heavy atom. The zero-order chi connectivity index (χ0) is 26.1. The third-order valence-corrected chi connectivity index (χ3v) is 6.82. The lowest BCUT2D eigenvalue weighted by Gasteiger charge is -2.48. The number of aromatic amines is 1. The molecule has 6 nitrogen and oxygen atoms in total. The summed E-state index contributed by atoms with van der Waals surface area (Å²) in [4.78, 5) is 2.08. The van der Waals surface area contributed by atoms with E-state index < -0.39 is 35.1 Å². The Balaban J connectivity index is 1.61. The smallest absolute Gasteiger partial charge is 0.372 e. The van der Waals surface area contributed by atoms with Crippen LogP contribution < -0.4 is 0 Å². The minimum atomic E-state index is -4.92. The Morgan fingerprint density at radius 2 is 1.69 bits per heavy atom. The number of alkyl halides is 6. The van der Waals surface area contributed by atoms with Crippen LogP contribution >= 0.6 is 0 Å². The highest BCUT2D eigenvalue weighted by molar-refractivity contribution is 5.35. The van der Waals surface area contributed by atoms with Crippen LogP contribution in [0.15, 0.2) is 48.5 Å². The number of hydrogen-bond donors (Lipinski definition) is 1. The maximum Gasteiger partial charge on any atom is 0.416 e. The monoisotopic (exact) mass is 513 g/mol. The number of halogens is 6. The van der Waals surface area contributed by atoms with Crippen molar-refractivity contribution in [2.45, 2.75) is 49.7 Å². The molecule has 0 bridgehead atoms. The number of tetrazole rings is 1. The molecule has 0 aliphatic carbocycles. The summed E-state index contributed by atoms with van der Waals surface area (Å²) in [5.74, 6) is 0.599. The summed E-state index contributed by atoms with van der Waals surface area (Å²) in [7, 11) is 1.90. The van der Waals surface area contributed by atoms with Crippen LogP contribution in [0.1, 0.15) is 59.9 Å². The Labute approximate surface area is 203 Å². The Hall–Kier alpha value is -2.99. The molecule has 3 unspecified atom stereocenters. The number of likely N-dealkylation sites (tertiary alicyclic amines) is 1. The molecular formula is C24H25F6N5O. The normalized spacial score (nSPS) is 22.5. The van der Waals surface area contributed by atoms with E-state index in [1.54, 1.807) is 0 Å². The molecule has 2 aromatic carbocycles. The lowest BCUT2D eigenvalue weighted by molar-refractivity contribution is -0.143. The van der Waals surface area contributed by atoms with Gasteiger partial charge in [-0.15, -0.1) is 10.2 Å². The van der Waals surface area contributed by atoms with Crippen molar-refractivity contribution in [1.29, 1.82) is 0 Å². The molecule has 194 valence electrons. The maximum absolute atomic E-state index is 13.3. The molecule has 2 heterocycles. The van der Waals surface area contributed by atoms with Gasteiger partial charge in [0.05, 0.1) is 29.4 Å². The van der Waals surface area contributed by atoms with Gasteiger partial charge >= 0.3 is 12.4 Å². The third kappa shape index (κ3) is 5.39. The number of benzene rings is 2. The number of nitrogens with zero attached hydrogens (tertiary/aromatic N) is 4. The van der Waals surface area contributed by atoms with Gasteiger partial charge in [0, 0.05) is 12.5 Å². The first-order valence-electron chi connectivity index (χ1n) is 11.3. The molecule has 0 spiro atoms. The van der Waals surface area contributed by atoms with Crippen molar-refractivity contribution >= 4 is 0 Å². The number of nitrogens with one attached hydrogen (secondary N) is 1. The fourth-order valence-corrected chi connectivity index (χ4v) is 4.71. The van der Waals surface area contributed by atoms with Crippen molar-refractivity contribution in [1.82, 2.24) is 25.5 Å². The molecule has 1 saturated heterocycles. The average molecular weight is 513 g/mol. The fraction of sp³-hybridized carbons (Fsp3) is 0.458. The van der Waals surface area contributed by atoms with Gasteiger partial charge in [-0.2, -0.15) is 31.6 Å². The van der Waals surface area contributed by atoms with E-state index in [9.17, 15) is 26.3 Å². The summed E-state index contributed by atoms with van der Waals surface area (Å²) in [5.41, 5.74) is -2.63. The molecule has 1 aliphatic heterocycles. The van der Waals surface area contributed by atoms with Gasteiger partial charge in [-0.25, -0.2) is 0 Å². The quantitative estimate of drug-likeness (QED) is 0.427. The van der Waals surface area contributed by atoms with E-state index in [4.69, 9.17) is 4.74 Å². The van der Waals surface area contributed by atoms with Gasteiger partial charge in [0.15, 0.2) is 5.82 Å². The van der Waals surface area contributed by atoms with Crippen LogP contribution in [0.4, 0.5) is 26.3 Å². The molecule has 1 aliphatic rings. The predicted molar refractivity (Wildman–Crippen MR) is 118 cm³/mol. The summed E-state index contributed by atoms with van der Waals surface area (Å²) < 4.78 is 86.0. The van der Waals surface area contributed by atoms with Gasteiger partial charge in [0.1, 0.15) is 0 Å². The highest BCUT2D eigenvalue weighted by Crippen LogP contribution is 2.43. The number of H-pyrrole nitrogens is 1. The summed E-state index contributed by atoms with van der Waals surface area (Å²) in [6, 6.07) is 11.0. The first-order valence-corrected chi connectivity index (χ1v) is 11.3. The number of hydrogen-bond acceptors (Lipinski definition) is 5. The van der Waals surface area contributed by atoms with Gasteiger partial charge in [-0.1, -0.05) is 35.5 Å². The summed E-state index contributed by atoms with van der Waals surface area (Å²) in [5, 5.41) is 14.2. The second-order valence-electron chi connectivity index (χ2n) is 9.08.